The predicted molar refractivity (Wildman–Crippen MR) is 150 cm³/mol. The van der Waals surface area contributed by atoms with Crippen LogP contribution in [0.1, 0.15) is 46.6 Å². The summed E-state index contributed by atoms with van der Waals surface area (Å²) in [5.41, 5.74) is 2.43. The zero-order valence-corrected chi connectivity index (χ0v) is 22.9. The quantitative estimate of drug-likeness (QED) is 0.292. The average molecular weight is 572 g/mol. The number of fused-ring (bicyclic) bond motifs is 1. The van der Waals surface area contributed by atoms with Gasteiger partial charge in [-0.15, -0.1) is 0 Å². The number of imidazole rings is 1. The number of hydrogen-bond acceptors (Lipinski definition) is 8. The van der Waals surface area contributed by atoms with Crippen LogP contribution in [0.4, 0.5) is 4.39 Å². The van der Waals surface area contributed by atoms with Crippen LogP contribution in [0.2, 0.25) is 0 Å². The van der Waals surface area contributed by atoms with Crippen LogP contribution >= 0.6 is 0 Å². The Morgan fingerprint density at radius 1 is 1.10 bits per heavy atom. The molecule has 2 fully saturated rings. The number of likely N-dealkylation sites (tertiary alicyclic amines) is 1. The molecule has 11 heteroatoms. The minimum atomic E-state index is -0.958. The van der Waals surface area contributed by atoms with E-state index in [-0.39, 0.29) is 29.9 Å². The maximum absolute atomic E-state index is 14.2. The first kappa shape index (κ1) is 27.6. The van der Waals surface area contributed by atoms with Gasteiger partial charge in [0.25, 0.3) is 0 Å². The number of ether oxygens (including phenoxy) is 3. The Hall–Kier alpha value is -4.53. The van der Waals surface area contributed by atoms with Crippen LogP contribution in [0.25, 0.3) is 11.0 Å². The number of nitrogens with zero attached hydrogens (tertiary/aromatic N) is 5. The predicted octanol–water partition coefficient (Wildman–Crippen LogP) is 4.55. The smallest absolute Gasteiger partial charge is 0.335 e. The summed E-state index contributed by atoms with van der Waals surface area (Å²) in [6, 6.07) is 16.5. The molecule has 2 aromatic heterocycles. The van der Waals surface area contributed by atoms with Crippen LogP contribution in [0.5, 0.6) is 11.8 Å². The van der Waals surface area contributed by atoms with Gasteiger partial charge in [-0.05, 0) is 49.6 Å². The van der Waals surface area contributed by atoms with E-state index in [4.69, 9.17) is 24.5 Å². The number of carboxylic acid groups (broad SMARTS) is 1. The van der Waals surface area contributed by atoms with Crippen molar-refractivity contribution in [2.75, 3.05) is 19.7 Å². The molecule has 10 nitrogen and oxygen atoms in total. The summed E-state index contributed by atoms with van der Waals surface area (Å²) < 4.78 is 33.8. The second-order valence-corrected chi connectivity index (χ2v) is 10.5. The number of hydrogen-bond donors (Lipinski definition) is 1. The van der Waals surface area contributed by atoms with E-state index < -0.39 is 11.8 Å². The van der Waals surface area contributed by atoms with Crippen LogP contribution in [0.3, 0.4) is 0 Å². The Morgan fingerprint density at radius 2 is 1.90 bits per heavy atom. The van der Waals surface area contributed by atoms with Gasteiger partial charge in [-0.3, -0.25) is 4.90 Å². The first-order valence-corrected chi connectivity index (χ1v) is 14.0. The van der Waals surface area contributed by atoms with Gasteiger partial charge in [-0.25, -0.2) is 14.2 Å². The molecule has 2 aromatic carbocycles. The normalized spacial score (nSPS) is 17.5. The average Bonchev–Trinajstić information content (AvgIpc) is 3.31. The van der Waals surface area contributed by atoms with Crippen molar-refractivity contribution in [1.29, 1.82) is 5.26 Å². The number of rotatable bonds is 10. The number of carbonyl (C=O) groups is 1. The number of piperidine rings is 1. The van der Waals surface area contributed by atoms with Crippen LogP contribution in [-0.4, -0.2) is 62.4 Å². The molecule has 2 saturated heterocycles. The van der Waals surface area contributed by atoms with Gasteiger partial charge in [0.1, 0.15) is 24.4 Å². The van der Waals surface area contributed by atoms with E-state index in [1.807, 2.05) is 6.07 Å². The number of carboxylic acids is 1. The van der Waals surface area contributed by atoms with Crippen molar-refractivity contribution in [1.82, 2.24) is 19.4 Å². The minimum Gasteiger partial charge on any atom is -0.478 e. The Bertz CT molecular complexity index is 1640. The molecule has 1 N–H and O–H groups in total. The third-order valence-corrected chi connectivity index (χ3v) is 7.70. The van der Waals surface area contributed by atoms with E-state index >= 15 is 0 Å². The maximum Gasteiger partial charge on any atom is 0.335 e. The Labute approximate surface area is 241 Å². The van der Waals surface area contributed by atoms with Crippen molar-refractivity contribution < 1.29 is 28.5 Å². The highest BCUT2D eigenvalue weighted by Gasteiger charge is 2.26. The molecule has 0 radical (unpaired) electrons. The molecule has 0 saturated carbocycles. The summed E-state index contributed by atoms with van der Waals surface area (Å²) in [5, 5.41) is 18.4. The van der Waals surface area contributed by atoms with Crippen molar-refractivity contribution in [3.05, 3.63) is 82.9 Å². The highest BCUT2D eigenvalue weighted by atomic mass is 19.1. The number of halogens is 1. The lowest BCUT2D eigenvalue weighted by Crippen LogP contribution is -2.39. The van der Waals surface area contributed by atoms with Gasteiger partial charge < -0.3 is 23.9 Å². The lowest BCUT2D eigenvalue weighted by atomic mass is 10.1. The number of aromatic nitrogens is 3. The monoisotopic (exact) mass is 571 g/mol. The van der Waals surface area contributed by atoms with E-state index in [1.54, 1.807) is 42.5 Å². The summed E-state index contributed by atoms with van der Waals surface area (Å²) in [5.74, 6) is 0.217. The fourth-order valence-electron chi connectivity index (χ4n) is 5.25. The lowest BCUT2D eigenvalue weighted by molar-refractivity contribution is -0.0592. The minimum absolute atomic E-state index is 0.0123. The molecule has 2 aliphatic heterocycles. The summed E-state index contributed by atoms with van der Waals surface area (Å²) in [4.78, 5) is 23.2. The zero-order chi connectivity index (χ0) is 29.1. The molecule has 0 spiro atoms. The topological polar surface area (TPSA) is 123 Å². The van der Waals surface area contributed by atoms with Gasteiger partial charge in [0, 0.05) is 37.4 Å². The third-order valence-electron chi connectivity index (χ3n) is 7.70. The fourth-order valence-corrected chi connectivity index (χ4v) is 5.25. The lowest BCUT2D eigenvalue weighted by Gasteiger charge is -2.32. The number of nitriles is 1. The van der Waals surface area contributed by atoms with Crippen LogP contribution in [-0.2, 0) is 24.4 Å². The Kier molecular flexibility index (Phi) is 7.99. The molecule has 216 valence electrons. The van der Waals surface area contributed by atoms with E-state index in [0.717, 1.165) is 55.8 Å². The van der Waals surface area contributed by atoms with E-state index in [2.05, 4.69) is 14.5 Å². The molecule has 0 amide bonds. The van der Waals surface area contributed by atoms with Crippen molar-refractivity contribution in [2.24, 2.45) is 0 Å². The molecule has 1 atom stereocenters. The highest BCUT2D eigenvalue weighted by molar-refractivity contribution is 5.92. The Balaban J connectivity index is 1.06. The van der Waals surface area contributed by atoms with Crippen LogP contribution in [0, 0.1) is 17.1 Å². The summed E-state index contributed by atoms with van der Waals surface area (Å²) in [6.07, 6.45) is 2.69. The fraction of sp³-hybridized carbons (Fsp3) is 0.355. The summed E-state index contributed by atoms with van der Waals surface area (Å²) in [6.45, 7) is 3.65. The second kappa shape index (κ2) is 12.1. The molecule has 0 aliphatic carbocycles. The first-order chi connectivity index (χ1) is 20.4. The molecule has 0 bridgehead atoms. The number of benzene rings is 2. The van der Waals surface area contributed by atoms with E-state index in [9.17, 15) is 14.3 Å². The molecule has 2 aliphatic rings. The van der Waals surface area contributed by atoms with Gasteiger partial charge >= 0.3 is 5.97 Å². The van der Waals surface area contributed by atoms with Crippen molar-refractivity contribution in [3.8, 4) is 17.8 Å². The first-order valence-electron chi connectivity index (χ1n) is 14.0. The SMILES string of the molecule is N#Cc1ccc(COc2cccc(OC3CCN(Cc4nc5ccc(C(=O)O)cc5n4CC4CCO4)CC3)n2)c(F)c1. The van der Waals surface area contributed by atoms with Gasteiger partial charge in [-0.1, -0.05) is 12.1 Å². The molecule has 42 heavy (non-hydrogen) atoms. The zero-order valence-electron chi connectivity index (χ0n) is 22.9. The number of aromatic carboxylic acids is 1. The standard InChI is InChI=1S/C31H30FN5O5/c32-25-14-20(16-33)4-5-22(25)19-41-29-2-1-3-30(35-29)42-23-8-11-36(12-9-23)18-28-34-26-7-6-21(31(38)39)15-27(26)37(28)17-24-10-13-40-24/h1-7,14-15,23-24H,8-13,17-19H2,(H,38,39). The molecule has 6 rings (SSSR count). The van der Waals surface area contributed by atoms with Crippen molar-refractivity contribution in [3.63, 3.8) is 0 Å². The summed E-state index contributed by atoms with van der Waals surface area (Å²) >= 11 is 0. The maximum atomic E-state index is 14.2. The Morgan fingerprint density at radius 3 is 2.62 bits per heavy atom. The van der Waals surface area contributed by atoms with Crippen LogP contribution < -0.4 is 9.47 Å². The second-order valence-electron chi connectivity index (χ2n) is 10.5. The van der Waals surface area contributed by atoms with Gasteiger partial charge in [0.2, 0.25) is 11.8 Å². The van der Waals surface area contributed by atoms with Gasteiger partial charge in [0.15, 0.2) is 0 Å². The van der Waals surface area contributed by atoms with Gasteiger partial charge in [-0.2, -0.15) is 10.2 Å². The molecule has 4 heterocycles. The van der Waals surface area contributed by atoms with Crippen molar-refractivity contribution in [2.45, 2.75) is 51.2 Å². The number of pyridine rings is 1. The van der Waals surface area contributed by atoms with Crippen molar-refractivity contribution >= 4 is 17.0 Å². The molecule has 1 unspecified atom stereocenters. The molecular weight excluding hydrogens is 541 g/mol. The van der Waals surface area contributed by atoms with E-state index in [1.165, 1.54) is 12.1 Å². The molecule has 4 aromatic rings. The third kappa shape index (κ3) is 6.20. The van der Waals surface area contributed by atoms with E-state index in [0.29, 0.717) is 30.4 Å². The molecular formula is C31H30FN5O5. The highest BCUT2D eigenvalue weighted by Crippen LogP contribution is 2.25. The van der Waals surface area contributed by atoms with Crippen LogP contribution in [0.15, 0.2) is 54.6 Å². The summed E-state index contributed by atoms with van der Waals surface area (Å²) in [7, 11) is 0. The van der Waals surface area contributed by atoms with Gasteiger partial charge in [0.05, 0.1) is 47.4 Å². The largest absolute Gasteiger partial charge is 0.478 e.